The number of nitrogens with zero attached hydrogens (tertiary/aromatic N) is 1. The summed E-state index contributed by atoms with van der Waals surface area (Å²) in [6.45, 7) is 0. The highest BCUT2D eigenvalue weighted by molar-refractivity contribution is 9.10. The number of carbonyl (C=O) groups is 1. The molecule has 9 heteroatoms. The number of alkyl halides is 3. The van der Waals surface area contributed by atoms with Gasteiger partial charge in [0.15, 0.2) is 17.3 Å². The summed E-state index contributed by atoms with van der Waals surface area (Å²) >= 11 is 2.57. The molecule has 0 fully saturated rings. The van der Waals surface area contributed by atoms with Crippen molar-refractivity contribution in [1.29, 1.82) is 0 Å². The lowest BCUT2D eigenvalue weighted by molar-refractivity contribution is -0.142. The van der Waals surface area contributed by atoms with Crippen LogP contribution < -0.4 is 5.73 Å². The van der Waals surface area contributed by atoms with E-state index in [0.717, 1.165) is 0 Å². The average molecular weight is 379 g/mol. The zero-order valence-electron chi connectivity index (χ0n) is 10.6. The van der Waals surface area contributed by atoms with Gasteiger partial charge in [-0.1, -0.05) is 18.2 Å². The molecule has 0 aliphatic heterocycles. The number of halogens is 5. The minimum absolute atomic E-state index is 0.233. The summed E-state index contributed by atoms with van der Waals surface area (Å²) in [6, 6.07) is 5.14. The smallest absolute Gasteiger partial charge is 0.437 e. The summed E-state index contributed by atoms with van der Waals surface area (Å²) in [5.41, 5.74) is 2.15. The van der Waals surface area contributed by atoms with Gasteiger partial charge < -0.3 is 10.8 Å². The monoisotopic (exact) mass is 378 g/mol. The second-order valence-electron chi connectivity index (χ2n) is 4.20. The molecule has 1 aromatic heterocycles. The number of amides is 1. The van der Waals surface area contributed by atoms with Crippen LogP contribution in [0.25, 0.3) is 11.1 Å². The maximum atomic E-state index is 14.2. The fraction of sp³-hybridized carbons (Fsp3) is 0.0769. The average Bonchev–Trinajstić information content (AvgIpc) is 2.42. The number of primary amides is 1. The molecule has 0 saturated carbocycles. The van der Waals surface area contributed by atoms with E-state index in [1.54, 1.807) is 0 Å². The Kier molecular flexibility index (Phi) is 4.10. The van der Waals surface area contributed by atoms with Crippen LogP contribution in [0.5, 0.6) is 5.75 Å². The Morgan fingerprint density at radius 2 is 1.86 bits per heavy atom. The Labute approximate surface area is 129 Å². The minimum atomic E-state index is -5.00. The van der Waals surface area contributed by atoms with Gasteiger partial charge in [-0.05, 0) is 22.0 Å². The van der Waals surface area contributed by atoms with Gasteiger partial charge in [-0.2, -0.15) is 13.2 Å². The number of benzene rings is 1. The summed E-state index contributed by atoms with van der Waals surface area (Å²) in [5, 5.41) is 9.79. The van der Waals surface area contributed by atoms with Gasteiger partial charge in [0.25, 0.3) is 0 Å². The van der Waals surface area contributed by atoms with Crippen LogP contribution in [0.1, 0.15) is 16.1 Å². The number of nitrogens with two attached hydrogens (primary N) is 1. The van der Waals surface area contributed by atoms with E-state index < -0.39 is 39.5 Å². The van der Waals surface area contributed by atoms with Crippen molar-refractivity contribution in [3.63, 3.8) is 0 Å². The molecular formula is C13H7BrF4N2O2. The van der Waals surface area contributed by atoms with Crippen LogP contribution in [0, 0.1) is 5.82 Å². The fourth-order valence-electron chi connectivity index (χ4n) is 1.89. The molecule has 2 aromatic rings. The molecule has 0 spiro atoms. The molecule has 116 valence electrons. The Morgan fingerprint density at radius 1 is 1.27 bits per heavy atom. The van der Waals surface area contributed by atoms with Crippen LogP contribution in [0.3, 0.4) is 0 Å². The van der Waals surface area contributed by atoms with Crippen LogP contribution in [-0.2, 0) is 6.18 Å². The lowest BCUT2D eigenvalue weighted by Gasteiger charge is -2.15. The van der Waals surface area contributed by atoms with Crippen LogP contribution in [0.15, 0.2) is 28.9 Å². The highest BCUT2D eigenvalue weighted by Gasteiger charge is 2.39. The molecular weight excluding hydrogens is 372 g/mol. The van der Waals surface area contributed by atoms with Crippen molar-refractivity contribution >= 4 is 21.8 Å². The zero-order chi connectivity index (χ0) is 16.7. The maximum absolute atomic E-state index is 14.2. The lowest BCUT2D eigenvalue weighted by Crippen LogP contribution is -2.14. The third-order valence-corrected chi connectivity index (χ3v) is 3.33. The van der Waals surface area contributed by atoms with Gasteiger partial charge in [0.1, 0.15) is 4.60 Å². The molecule has 3 N–H and O–H groups in total. The van der Waals surface area contributed by atoms with E-state index in [4.69, 9.17) is 5.73 Å². The molecule has 1 heterocycles. The largest absolute Gasteiger partial charge is 0.505 e. The summed E-state index contributed by atoms with van der Waals surface area (Å²) in [4.78, 5) is 14.3. The second kappa shape index (κ2) is 5.56. The third-order valence-electron chi connectivity index (χ3n) is 2.80. The Hall–Kier alpha value is -2.16. The van der Waals surface area contributed by atoms with Crippen molar-refractivity contribution in [3.05, 3.63) is 45.9 Å². The van der Waals surface area contributed by atoms with Crippen molar-refractivity contribution < 1.29 is 27.5 Å². The van der Waals surface area contributed by atoms with E-state index in [1.807, 2.05) is 0 Å². The third kappa shape index (κ3) is 2.76. The number of hydrogen-bond acceptors (Lipinski definition) is 3. The van der Waals surface area contributed by atoms with Crippen LogP contribution in [-0.4, -0.2) is 16.0 Å². The summed E-state index contributed by atoms with van der Waals surface area (Å²) in [5.74, 6) is -3.63. The number of hydrogen-bond donors (Lipinski definition) is 2. The van der Waals surface area contributed by atoms with Crippen LogP contribution in [0.4, 0.5) is 17.6 Å². The van der Waals surface area contributed by atoms with Gasteiger partial charge >= 0.3 is 6.18 Å². The Bertz CT molecular complexity index is 762. The van der Waals surface area contributed by atoms with Crippen molar-refractivity contribution in [2.45, 2.75) is 6.18 Å². The summed E-state index contributed by atoms with van der Waals surface area (Å²) < 4.78 is 52.0. The van der Waals surface area contributed by atoms with Crippen molar-refractivity contribution in [3.8, 4) is 16.9 Å². The quantitative estimate of drug-likeness (QED) is 0.620. The molecule has 1 amide bonds. The topological polar surface area (TPSA) is 76.2 Å². The highest BCUT2D eigenvalue weighted by Crippen LogP contribution is 2.43. The van der Waals surface area contributed by atoms with Crippen molar-refractivity contribution in [2.24, 2.45) is 5.73 Å². The minimum Gasteiger partial charge on any atom is -0.505 e. The van der Waals surface area contributed by atoms with Gasteiger partial charge in [0.2, 0.25) is 5.91 Å². The SMILES string of the molecule is NC(=O)c1ccccc1-c1c(O)c(C(F)(F)F)nc(Br)c1F. The normalized spacial score (nSPS) is 11.5. The summed E-state index contributed by atoms with van der Waals surface area (Å²) in [7, 11) is 0. The first-order valence-corrected chi connectivity index (χ1v) is 6.48. The molecule has 0 saturated heterocycles. The summed E-state index contributed by atoms with van der Waals surface area (Å²) in [6.07, 6.45) is -5.00. The predicted molar refractivity (Wildman–Crippen MR) is 72.5 cm³/mol. The van der Waals surface area contributed by atoms with Crippen LogP contribution >= 0.6 is 15.9 Å². The van der Waals surface area contributed by atoms with Crippen molar-refractivity contribution in [2.75, 3.05) is 0 Å². The van der Waals surface area contributed by atoms with Crippen LogP contribution in [0.2, 0.25) is 0 Å². The predicted octanol–water partition coefficient (Wildman–Crippen LogP) is 3.47. The highest BCUT2D eigenvalue weighted by atomic mass is 79.9. The van der Waals surface area contributed by atoms with E-state index in [2.05, 4.69) is 20.9 Å². The molecule has 2 rings (SSSR count). The molecule has 0 atom stereocenters. The zero-order valence-corrected chi connectivity index (χ0v) is 12.2. The van der Waals surface area contributed by atoms with Gasteiger partial charge in [0, 0.05) is 11.1 Å². The number of aromatic hydroxyl groups is 1. The molecule has 4 nitrogen and oxygen atoms in total. The van der Waals surface area contributed by atoms with E-state index in [-0.39, 0.29) is 11.1 Å². The molecule has 0 aliphatic rings. The molecule has 0 aliphatic carbocycles. The number of rotatable bonds is 2. The molecule has 0 bridgehead atoms. The standard InChI is InChI=1S/C13H7BrF4N2O2/c14-11-8(15)7(9(21)10(20-11)13(16,17)18)5-3-1-2-4-6(5)12(19)22/h1-4,21H,(H2,19,22). The lowest BCUT2D eigenvalue weighted by atomic mass is 9.98. The number of aromatic nitrogens is 1. The maximum Gasteiger partial charge on any atom is 0.437 e. The Morgan fingerprint density at radius 3 is 2.41 bits per heavy atom. The van der Waals surface area contributed by atoms with E-state index in [0.29, 0.717) is 0 Å². The number of pyridine rings is 1. The number of carbonyl (C=O) groups excluding carboxylic acids is 1. The molecule has 22 heavy (non-hydrogen) atoms. The van der Waals surface area contributed by atoms with E-state index >= 15 is 0 Å². The molecule has 0 unspecified atom stereocenters. The first-order valence-electron chi connectivity index (χ1n) is 5.69. The van der Waals surface area contributed by atoms with E-state index in [9.17, 15) is 27.5 Å². The second-order valence-corrected chi connectivity index (χ2v) is 4.95. The molecule has 1 aromatic carbocycles. The first kappa shape index (κ1) is 16.2. The molecule has 0 radical (unpaired) electrons. The van der Waals surface area contributed by atoms with Gasteiger partial charge in [0.05, 0.1) is 5.56 Å². The van der Waals surface area contributed by atoms with E-state index in [1.165, 1.54) is 24.3 Å². The Balaban J connectivity index is 2.88. The van der Waals surface area contributed by atoms with Gasteiger partial charge in [-0.15, -0.1) is 0 Å². The first-order chi connectivity index (χ1) is 10.1. The van der Waals surface area contributed by atoms with Gasteiger partial charge in [-0.25, -0.2) is 9.37 Å². The fourth-order valence-corrected chi connectivity index (χ4v) is 2.26. The van der Waals surface area contributed by atoms with Gasteiger partial charge in [-0.3, -0.25) is 4.79 Å². The van der Waals surface area contributed by atoms with Crippen molar-refractivity contribution in [1.82, 2.24) is 4.98 Å².